The molecular weight excluding hydrogens is 550 g/mol. The van der Waals surface area contributed by atoms with Gasteiger partial charge in [-0.05, 0) is 42.3 Å². The molecule has 2 heterocycles. The number of ketones is 1. The summed E-state index contributed by atoms with van der Waals surface area (Å²) >= 11 is 6.14. The highest BCUT2D eigenvalue weighted by atomic mass is 35.5. The van der Waals surface area contributed by atoms with Gasteiger partial charge in [0.25, 0.3) is 5.56 Å². The average molecular weight is 578 g/mol. The van der Waals surface area contributed by atoms with Crippen molar-refractivity contribution in [1.29, 1.82) is 5.26 Å². The monoisotopic (exact) mass is 577 g/mol. The molecule has 0 radical (unpaired) electrons. The van der Waals surface area contributed by atoms with Crippen molar-refractivity contribution in [2.45, 2.75) is 44.4 Å². The molecule has 41 heavy (non-hydrogen) atoms. The van der Waals surface area contributed by atoms with E-state index in [0.717, 1.165) is 0 Å². The predicted octanol–water partition coefficient (Wildman–Crippen LogP) is 3.78. The fraction of sp³-hybridized carbons (Fsp3) is 0.300. The second-order valence-electron chi connectivity index (χ2n) is 9.63. The summed E-state index contributed by atoms with van der Waals surface area (Å²) in [6.45, 7) is 2.06. The maximum atomic E-state index is 13.3. The maximum absolute atomic E-state index is 13.3. The van der Waals surface area contributed by atoms with Crippen LogP contribution in [0.1, 0.15) is 47.3 Å². The number of nitrogens with zero attached hydrogens (tertiary/aromatic N) is 2. The molecule has 0 spiro atoms. The van der Waals surface area contributed by atoms with Crippen LogP contribution < -0.4 is 15.6 Å². The standard InChI is InChI=1S/C30H28ClN3O7/c1-3-25(34-16-27(40-2)23(13-28(34)36)22-11-20(31)9-8-19(22)14-32)26(35)10-17-4-6-18(7-5-17)30(39)41-21-12-24(29(37)38)33-15-21/h4-9,11,13,16,21,24-25,33H,3,10,12,15H2,1-2H3,(H,37,38)/t21-,24-,25?/m1/s1. The summed E-state index contributed by atoms with van der Waals surface area (Å²) in [5.74, 6) is -1.47. The summed E-state index contributed by atoms with van der Waals surface area (Å²) in [5.41, 5.74) is 1.66. The number of aromatic nitrogens is 1. The summed E-state index contributed by atoms with van der Waals surface area (Å²) in [7, 11) is 1.44. The van der Waals surface area contributed by atoms with Gasteiger partial charge in [-0.3, -0.25) is 14.4 Å². The number of carbonyl (C=O) groups is 3. The Hall–Kier alpha value is -4.46. The van der Waals surface area contributed by atoms with Gasteiger partial charge in [0.2, 0.25) is 0 Å². The van der Waals surface area contributed by atoms with Gasteiger partial charge in [-0.2, -0.15) is 5.26 Å². The van der Waals surface area contributed by atoms with Gasteiger partial charge in [-0.1, -0.05) is 30.7 Å². The number of aliphatic carboxylic acids is 1. The third-order valence-corrected chi connectivity index (χ3v) is 7.22. The minimum Gasteiger partial charge on any atom is -0.495 e. The van der Waals surface area contributed by atoms with Crippen molar-refractivity contribution >= 4 is 29.3 Å². The Morgan fingerprint density at radius 2 is 1.90 bits per heavy atom. The average Bonchev–Trinajstić information content (AvgIpc) is 3.43. The molecule has 1 saturated heterocycles. The van der Waals surface area contributed by atoms with Gasteiger partial charge in [0.15, 0.2) is 5.78 Å². The van der Waals surface area contributed by atoms with Crippen LogP contribution >= 0.6 is 11.6 Å². The minimum absolute atomic E-state index is 0.0179. The number of esters is 1. The first kappa shape index (κ1) is 29.5. The van der Waals surface area contributed by atoms with E-state index in [0.29, 0.717) is 39.4 Å². The molecule has 1 aliphatic rings. The number of methoxy groups -OCH3 is 1. The number of hydrogen-bond acceptors (Lipinski definition) is 8. The van der Waals surface area contributed by atoms with Crippen molar-refractivity contribution in [2.75, 3.05) is 13.7 Å². The number of hydrogen-bond donors (Lipinski definition) is 2. The highest BCUT2D eigenvalue weighted by molar-refractivity contribution is 6.31. The van der Waals surface area contributed by atoms with Crippen molar-refractivity contribution in [3.8, 4) is 22.9 Å². The molecule has 0 amide bonds. The van der Waals surface area contributed by atoms with Crippen LogP contribution in [0.2, 0.25) is 5.02 Å². The van der Waals surface area contributed by atoms with Crippen LogP contribution in [-0.4, -0.2) is 53.2 Å². The number of ether oxygens (including phenoxy) is 2. The number of benzene rings is 2. The summed E-state index contributed by atoms with van der Waals surface area (Å²) in [6, 6.07) is 13.0. The number of halogens is 1. The number of carboxylic acid groups (broad SMARTS) is 1. The van der Waals surface area contributed by atoms with Crippen molar-refractivity contribution in [1.82, 2.24) is 9.88 Å². The van der Waals surface area contributed by atoms with Gasteiger partial charge in [0.05, 0.1) is 36.5 Å². The molecule has 11 heteroatoms. The van der Waals surface area contributed by atoms with Gasteiger partial charge in [0.1, 0.15) is 17.9 Å². The highest BCUT2D eigenvalue weighted by Crippen LogP contribution is 2.33. The zero-order chi connectivity index (χ0) is 29.7. The number of rotatable bonds is 10. The van der Waals surface area contributed by atoms with Crippen LogP contribution in [0, 0.1) is 11.3 Å². The Balaban J connectivity index is 1.50. The van der Waals surface area contributed by atoms with Crippen LogP contribution in [0.15, 0.2) is 59.5 Å². The lowest BCUT2D eigenvalue weighted by Crippen LogP contribution is -2.30. The number of carbonyl (C=O) groups excluding carboxylic acids is 2. The molecule has 2 aromatic carbocycles. The van der Waals surface area contributed by atoms with Gasteiger partial charge in [-0.15, -0.1) is 0 Å². The molecule has 4 rings (SSSR count). The van der Waals surface area contributed by atoms with Gasteiger partial charge in [-0.25, -0.2) is 4.79 Å². The Kier molecular flexibility index (Phi) is 9.22. The van der Waals surface area contributed by atoms with E-state index in [9.17, 15) is 24.4 Å². The fourth-order valence-electron chi connectivity index (χ4n) is 4.84. The third-order valence-electron chi connectivity index (χ3n) is 6.98. The summed E-state index contributed by atoms with van der Waals surface area (Å²) in [6.07, 6.45) is 1.48. The Morgan fingerprint density at radius 3 is 2.51 bits per heavy atom. The van der Waals surface area contributed by atoms with Gasteiger partial charge >= 0.3 is 11.9 Å². The number of nitriles is 1. The molecule has 1 fully saturated rings. The normalized spacial score (nSPS) is 16.9. The molecule has 3 aromatic rings. The number of carboxylic acids is 1. The van der Waals surface area contributed by atoms with Crippen LogP contribution in [0.4, 0.5) is 0 Å². The summed E-state index contributed by atoms with van der Waals surface area (Å²) in [5, 5.41) is 21.8. The molecule has 10 nitrogen and oxygen atoms in total. The van der Waals surface area contributed by atoms with E-state index in [1.165, 1.54) is 23.9 Å². The van der Waals surface area contributed by atoms with Crippen LogP contribution in [0.25, 0.3) is 11.1 Å². The van der Waals surface area contributed by atoms with E-state index in [1.807, 2.05) is 0 Å². The Labute approximate surface area is 241 Å². The largest absolute Gasteiger partial charge is 0.495 e. The van der Waals surface area contributed by atoms with E-state index in [1.54, 1.807) is 49.4 Å². The van der Waals surface area contributed by atoms with Gasteiger partial charge < -0.3 is 24.5 Å². The third kappa shape index (κ3) is 6.65. The van der Waals surface area contributed by atoms with E-state index in [2.05, 4.69) is 11.4 Å². The topological polar surface area (TPSA) is 148 Å². The first-order valence-electron chi connectivity index (χ1n) is 12.9. The van der Waals surface area contributed by atoms with Gasteiger partial charge in [0, 0.05) is 41.6 Å². The number of nitrogens with one attached hydrogen (secondary N) is 1. The van der Waals surface area contributed by atoms with Crippen LogP contribution in [-0.2, 0) is 20.7 Å². The Morgan fingerprint density at radius 1 is 1.17 bits per heavy atom. The van der Waals surface area contributed by atoms with Crippen molar-refractivity contribution in [2.24, 2.45) is 0 Å². The molecule has 0 aliphatic carbocycles. The lowest BCUT2D eigenvalue weighted by molar-refractivity contribution is -0.139. The number of pyridine rings is 1. The molecular formula is C30H28ClN3O7. The van der Waals surface area contributed by atoms with E-state index >= 15 is 0 Å². The van der Waals surface area contributed by atoms with Crippen molar-refractivity contribution < 1.29 is 29.0 Å². The first-order chi connectivity index (χ1) is 19.6. The molecule has 2 N–H and O–H groups in total. The summed E-state index contributed by atoms with van der Waals surface area (Å²) in [4.78, 5) is 50.1. The Bertz CT molecular complexity index is 1580. The van der Waals surface area contributed by atoms with Crippen molar-refractivity contribution in [3.63, 3.8) is 0 Å². The molecule has 3 atom stereocenters. The SMILES string of the molecule is CCC(C(=O)Cc1ccc(C(=O)O[C@H]2CN[C@@H](C(=O)O)C2)cc1)n1cc(OC)c(-c2cc(Cl)ccc2C#N)cc1=O. The van der Waals surface area contributed by atoms with E-state index < -0.39 is 35.7 Å². The van der Waals surface area contributed by atoms with E-state index in [4.69, 9.17) is 26.2 Å². The zero-order valence-corrected chi connectivity index (χ0v) is 23.2. The van der Waals surface area contributed by atoms with Crippen LogP contribution in [0.5, 0.6) is 5.75 Å². The molecule has 1 aromatic heterocycles. The lowest BCUT2D eigenvalue weighted by Gasteiger charge is -2.20. The molecule has 1 aliphatic heterocycles. The van der Waals surface area contributed by atoms with Crippen molar-refractivity contribution in [3.05, 3.63) is 86.8 Å². The zero-order valence-electron chi connectivity index (χ0n) is 22.4. The fourth-order valence-corrected chi connectivity index (χ4v) is 5.01. The second kappa shape index (κ2) is 12.8. The van der Waals surface area contributed by atoms with E-state index in [-0.39, 0.29) is 30.7 Å². The molecule has 212 valence electrons. The second-order valence-corrected chi connectivity index (χ2v) is 10.1. The molecule has 0 saturated carbocycles. The molecule has 0 bridgehead atoms. The molecule has 1 unspecified atom stereocenters. The minimum atomic E-state index is -0.992. The van der Waals surface area contributed by atoms with Crippen LogP contribution in [0.3, 0.4) is 0 Å². The summed E-state index contributed by atoms with van der Waals surface area (Å²) < 4.78 is 12.3. The number of Topliss-reactive ketones (excluding diaryl/α,β-unsaturated/α-hetero) is 1. The smallest absolute Gasteiger partial charge is 0.338 e. The quantitative estimate of drug-likeness (QED) is 0.343. The predicted molar refractivity (Wildman–Crippen MR) is 150 cm³/mol. The highest BCUT2D eigenvalue weighted by Gasteiger charge is 2.31. The lowest BCUT2D eigenvalue weighted by atomic mass is 9.98. The maximum Gasteiger partial charge on any atom is 0.338 e. The first-order valence-corrected chi connectivity index (χ1v) is 13.3.